The molecule has 2 unspecified atom stereocenters. The van der Waals surface area contributed by atoms with Crippen LogP contribution in [0.15, 0.2) is 4.99 Å². The van der Waals surface area contributed by atoms with Crippen LogP contribution in [0.5, 0.6) is 0 Å². The van der Waals surface area contributed by atoms with Crippen molar-refractivity contribution < 1.29 is 9.90 Å². The Hall–Kier alpha value is -0.220. The molecule has 2 atom stereocenters. The second-order valence-corrected chi connectivity index (χ2v) is 9.08. The number of rotatable bonds is 5. The number of guanidine groups is 1. The summed E-state index contributed by atoms with van der Waals surface area (Å²) in [6.45, 7) is 4.88. The fourth-order valence-corrected chi connectivity index (χ4v) is 5.43. The van der Waals surface area contributed by atoms with Gasteiger partial charge >= 0.3 is 0 Å². The Bertz CT molecular complexity index is 508. The molecule has 1 saturated carbocycles. The maximum Gasteiger partial charge on any atom is 0.225 e. The highest BCUT2D eigenvalue weighted by Crippen LogP contribution is 2.28. The average Bonchev–Trinajstić information content (AvgIpc) is 3.30. The van der Waals surface area contributed by atoms with Gasteiger partial charge in [-0.1, -0.05) is 19.3 Å². The van der Waals surface area contributed by atoms with E-state index >= 15 is 0 Å². The summed E-state index contributed by atoms with van der Waals surface area (Å²) in [6, 6.07) is 0.243. The van der Waals surface area contributed by atoms with Gasteiger partial charge < -0.3 is 20.6 Å². The van der Waals surface area contributed by atoms with Crippen LogP contribution >= 0.6 is 35.7 Å². The number of aliphatic hydroxyl groups is 1. The van der Waals surface area contributed by atoms with Crippen molar-refractivity contribution >= 4 is 47.6 Å². The smallest absolute Gasteiger partial charge is 0.225 e. The molecular formula is C19H35IN4O2S. The number of carbonyl (C=O) groups excluding carboxylic acids is 1. The maximum atomic E-state index is 12.7. The van der Waals surface area contributed by atoms with Crippen molar-refractivity contribution in [2.24, 2.45) is 10.9 Å². The fraction of sp³-hybridized carbons (Fsp3) is 0.895. The molecule has 0 aromatic heterocycles. The topological polar surface area (TPSA) is 77.0 Å². The number of hydrogen-bond acceptors (Lipinski definition) is 4. The van der Waals surface area contributed by atoms with E-state index in [0.29, 0.717) is 12.5 Å². The van der Waals surface area contributed by atoms with Crippen molar-refractivity contribution in [1.29, 1.82) is 0 Å². The zero-order valence-corrected chi connectivity index (χ0v) is 19.6. The minimum Gasteiger partial charge on any atom is -0.387 e. The van der Waals surface area contributed by atoms with Crippen molar-refractivity contribution in [3.8, 4) is 0 Å². The van der Waals surface area contributed by atoms with Gasteiger partial charge in [-0.2, -0.15) is 11.8 Å². The Morgan fingerprint density at radius 2 is 2.07 bits per heavy atom. The largest absolute Gasteiger partial charge is 0.387 e. The van der Waals surface area contributed by atoms with Gasteiger partial charge in [-0.25, -0.2) is 0 Å². The minimum absolute atomic E-state index is 0. The highest BCUT2D eigenvalue weighted by molar-refractivity contribution is 14.0. The van der Waals surface area contributed by atoms with Gasteiger partial charge in [0.05, 0.1) is 12.1 Å². The van der Waals surface area contributed by atoms with Gasteiger partial charge in [0.2, 0.25) is 5.91 Å². The van der Waals surface area contributed by atoms with Gasteiger partial charge in [-0.15, -0.1) is 24.0 Å². The molecule has 3 rings (SSSR count). The van der Waals surface area contributed by atoms with E-state index < -0.39 is 5.60 Å². The Morgan fingerprint density at radius 1 is 1.30 bits per heavy atom. The van der Waals surface area contributed by atoms with Gasteiger partial charge in [0.1, 0.15) is 0 Å². The summed E-state index contributed by atoms with van der Waals surface area (Å²) in [5.74, 6) is 3.14. The molecule has 0 aromatic carbocycles. The summed E-state index contributed by atoms with van der Waals surface area (Å²) in [5, 5.41) is 17.2. The summed E-state index contributed by atoms with van der Waals surface area (Å²) < 4.78 is 0. The van der Waals surface area contributed by atoms with Crippen LogP contribution in [-0.2, 0) is 4.79 Å². The van der Waals surface area contributed by atoms with Crippen LogP contribution in [0.25, 0.3) is 0 Å². The number of nitrogens with one attached hydrogen (secondary N) is 2. The predicted octanol–water partition coefficient (Wildman–Crippen LogP) is 2.21. The second kappa shape index (κ2) is 11.1. The lowest BCUT2D eigenvalue weighted by Gasteiger charge is -2.26. The lowest BCUT2D eigenvalue weighted by Crippen LogP contribution is -2.46. The number of aliphatic imine (C=N–C) groups is 1. The molecule has 3 fully saturated rings. The normalized spacial score (nSPS) is 29.5. The Kier molecular flexibility index (Phi) is 9.47. The molecule has 0 spiro atoms. The molecule has 6 nitrogen and oxygen atoms in total. The molecule has 1 amide bonds. The number of amides is 1. The number of nitrogens with zero attached hydrogens (tertiary/aromatic N) is 2. The summed E-state index contributed by atoms with van der Waals surface area (Å²) in [5.41, 5.74) is -0.661. The van der Waals surface area contributed by atoms with Crippen LogP contribution in [0.2, 0.25) is 0 Å². The van der Waals surface area contributed by atoms with Crippen molar-refractivity contribution in [2.45, 2.75) is 63.5 Å². The minimum atomic E-state index is -0.661. The predicted molar refractivity (Wildman–Crippen MR) is 123 cm³/mol. The van der Waals surface area contributed by atoms with E-state index in [1.165, 1.54) is 19.3 Å². The zero-order valence-electron chi connectivity index (χ0n) is 16.4. The van der Waals surface area contributed by atoms with Crippen LogP contribution in [0.1, 0.15) is 51.9 Å². The van der Waals surface area contributed by atoms with E-state index in [1.54, 1.807) is 11.8 Å². The molecule has 156 valence electrons. The maximum absolute atomic E-state index is 12.7. The Morgan fingerprint density at radius 3 is 2.74 bits per heavy atom. The van der Waals surface area contributed by atoms with Gasteiger partial charge in [-0.3, -0.25) is 9.79 Å². The third-order valence-corrected chi connectivity index (χ3v) is 6.99. The van der Waals surface area contributed by atoms with Crippen LogP contribution in [-0.4, -0.2) is 71.2 Å². The first kappa shape index (κ1) is 23.1. The van der Waals surface area contributed by atoms with Crippen molar-refractivity contribution in [1.82, 2.24) is 15.5 Å². The highest BCUT2D eigenvalue weighted by atomic mass is 127. The SMILES string of the molecule is CCNC(=NCC1(O)CCSC1)NC1CCN(C(=O)C2CCCCC2)C1.I. The molecule has 8 heteroatoms. The number of thioether (sulfide) groups is 1. The highest BCUT2D eigenvalue weighted by Gasteiger charge is 2.33. The van der Waals surface area contributed by atoms with E-state index in [2.05, 4.69) is 15.6 Å². The van der Waals surface area contributed by atoms with Crippen molar-refractivity contribution in [2.75, 3.05) is 37.7 Å². The van der Waals surface area contributed by atoms with Crippen molar-refractivity contribution in [3.05, 3.63) is 0 Å². The van der Waals surface area contributed by atoms with Crippen molar-refractivity contribution in [3.63, 3.8) is 0 Å². The van der Waals surface area contributed by atoms with E-state index in [0.717, 1.165) is 62.8 Å². The number of carbonyl (C=O) groups is 1. The van der Waals surface area contributed by atoms with E-state index in [1.807, 2.05) is 11.8 Å². The first-order valence-corrected chi connectivity index (χ1v) is 11.4. The molecule has 0 aromatic rings. The summed E-state index contributed by atoms with van der Waals surface area (Å²) in [6.07, 6.45) is 7.58. The molecule has 2 saturated heterocycles. The van der Waals surface area contributed by atoms with Gasteiger partial charge in [0, 0.05) is 37.3 Å². The van der Waals surface area contributed by atoms with Crippen LogP contribution < -0.4 is 10.6 Å². The van der Waals surface area contributed by atoms with Crippen LogP contribution in [0.4, 0.5) is 0 Å². The molecule has 3 aliphatic rings. The third kappa shape index (κ3) is 6.66. The molecule has 1 aliphatic carbocycles. The van der Waals surface area contributed by atoms with Crippen LogP contribution in [0, 0.1) is 5.92 Å². The number of halogens is 1. The summed E-state index contributed by atoms with van der Waals surface area (Å²) in [7, 11) is 0. The van der Waals surface area contributed by atoms with Crippen LogP contribution in [0.3, 0.4) is 0 Å². The third-order valence-electron chi connectivity index (χ3n) is 5.75. The standard InChI is InChI=1S/C19H34N4O2S.HI/c1-2-20-18(21-13-19(25)9-11-26-14-19)22-16-8-10-23(12-16)17(24)15-6-4-3-5-7-15;/h15-16,25H,2-14H2,1H3,(H2,20,21,22);1H. The zero-order chi connectivity index (χ0) is 18.4. The number of likely N-dealkylation sites (tertiary alicyclic amines) is 1. The first-order chi connectivity index (χ1) is 12.6. The van der Waals surface area contributed by atoms with E-state index in [-0.39, 0.29) is 35.9 Å². The molecular weight excluding hydrogens is 475 g/mol. The van der Waals surface area contributed by atoms with Gasteiger partial charge in [0.15, 0.2) is 5.96 Å². The van der Waals surface area contributed by atoms with E-state index in [4.69, 9.17) is 0 Å². The lowest BCUT2D eigenvalue weighted by molar-refractivity contribution is -0.135. The molecule has 0 radical (unpaired) electrons. The van der Waals surface area contributed by atoms with Gasteiger partial charge in [0.25, 0.3) is 0 Å². The molecule has 27 heavy (non-hydrogen) atoms. The summed E-state index contributed by atoms with van der Waals surface area (Å²) in [4.78, 5) is 19.4. The second-order valence-electron chi connectivity index (χ2n) is 7.97. The average molecular weight is 510 g/mol. The quantitative estimate of drug-likeness (QED) is 0.301. The molecule has 2 aliphatic heterocycles. The fourth-order valence-electron chi connectivity index (χ4n) is 4.15. The number of hydrogen-bond donors (Lipinski definition) is 3. The van der Waals surface area contributed by atoms with Gasteiger partial charge in [-0.05, 0) is 38.4 Å². The first-order valence-electron chi connectivity index (χ1n) is 10.2. The molecule has 0 bridgehead atoms. The molecule has 2 heterocycles. The Labute approximate surface area is 184 Å². The monoisotopic (exact) mass is 510 g/mol. The summed E-state index contributed by atoms with van der Waals surface area (Å²) >= 11 is 1.79. The lowest BCUT2D eigenvalue weighted by atomic mass is 9.88. The Balaban J connectivity index is 0.00000261. The molecule has 3 N–H and O–H groups in total. The van der Waals surface area contributed by atoms with E-state index in [9.17, 15) is 9.90 Å².